The number of aromatic nitrogens is 1. The fourth-order valence-corrected chi connectivity index (χ4v) is 2.04. The normalized spacial score (nSPS) is 18.6. The van der Waals surface area contributed by atoms with Crippen molar-refractivity contribution in [1.29, 1.82) is 0 Å². The van der Waals surface area contributed by atoms with Crippen molar-refractivity contribution in [3.63, 3.8) is 0 Å². The molecule has 0 fully saturated rings. The van der Waals surface area contributed by atoms with E-state index in [0.29, 0.717) is 11.3 Å². The zero-order valence-electron chi connectivity index (χ0n) is 11.6. The molecule has 0 unspecified atom stereocenters. The molecule has 1 aromatic rings. The van der Waals surface area contributed by atoms with Crippen LogP contribution in [0.2, 0.25) is 0 Å². The zero-order valence-corrected chi connectivity index (χ0v) is 11.6. The summed E-state index contributed by atoms with van der Waals surface area (Å²) in [6, 6.07) is 2.66. The van der Waals surface area contributed by atoms with Gasteiger partial charge in [-0.1, -0.05) is 6.07 Å². The molecule has 106 valence electrons. The maximum Gasteiger partial charge on any atom is 0.338 e. The number of pyridine rings is 1. The van der Waals surface area contributed by atoms with E-state index in [2.05, 4.69) is 15.6 Å². The van der Waals surface area contributed by atoms with Gasteiger partial charge in [-0.25, -0.2) is 9.59 Å². The molecule has 0 aliphatic carbocycles. The Kier molecular flexibility index (Phi) is 4.02. The number of carbonyl (C=O) groups excluding carboxylic acids is 2. The van der Waals surface area contributed by atoms with Crippen LogP contribution in [-0.2, 0) is 9.53 Å². The molecule has 0 spiro atoms. The van der Waals surface area contributed by atoms with Gasteiger partial charge >= 0.3 is 12.0 Å². The van der Waals surface area contributed by atoms with Gasteiger partial charge in [0.1, 0.15) is 0 Å². The number of carbonyl (C=O) groups is 2. The first-order chi connectivity index (χ1) is 9.49. The molecule has 0 saturated heterocycles. The van der Waals surface area contributed by atoms with E-state index in [4.69, 9.17) is 4.74 Å². The number of allylic oxidation sites excluding steroid dienone is 1. The lowest BCUT2D eigenvalue weighted by Gasteiger charge is -2.28. The SMILES string of the molecule is CC1=C(C(=O)OC(C)C)[C@H](c2cccnc2)NC(=O)N1. The fourth-order valence-electron chi connectivity index (χ4n) is 2.04. The minimum absolute atomic E-state index is 0.227. The van der Waals surface area contributed by atoms with Crippen molar-refractivity contribution in [3.05, 3.63) is 41.4 Å². The predicted octanol–water partition coefficient (Wildman–Crippen LogP) is 1.66. The second-order valence-electron chi connectivity index (χ2n) is 4.81. The predicted molar refractivity (Wildman–Crippen MR) is 72.6 cm³/mol. The van der Waals surface area contributed by atoms with Gasteiger partial charge in [0.05, 0.1) is 17.7 Å². The van der Waals surface area contributed by atoms with Gasteiger partial charge in [0.25, 0.3) is 0 Å². The third-order valence-electron chi connectivity index (χ3n) is 2.85. The summed E-state index contributed by atoms with van der Waals surface area (Å²) in [4.78, 5) is 27.9. The van der Waals surface area contributed by atoms with Gasteiger partial charge in [0.2, 0.25) is 0 Å². The molecule has 2 rings (SSSR count). The van der Waals surface area contributed by atoms with Gasteiger partial charge in [-0.3, -0.25) is 4.98 Å². The molecule has 2 heterocycles. The molecule has 0 bridgehead atoms. The average molecular weight is 275 g/mol. The van der Waals surface area contributed by atoms with E-state index in [-0.39, 0.29) is 12.1 Å². The van der Waals surface area contributed by atoms with Crippen LogP contribution in [-0.4, -0.2) is 23.1 Å². The molecule has 0 radical (unpaired) electrons. The summed E-state index contributed by atoms with van der Waals surface area (Å²) in [5.41, 5.74) is 1.62. The van der Waals surface area contributed by atoms with E-state index in [9.17, 15) is 9.59 Å². The van der Waals surface area contributed by atoms with Crippen molar-refractivity contribution in [2.75, 3.05) is 0 Å². The highest BCUT2D eigenvalue weighted by atomic mass is 16.5. The lowest BCUT2D eigenvalue weighted by atomic mass is 9.97. The van der Waals surface area contributed by atoms with Gasteiger partial charge in [0, 0.05) is 18.1 Å². The smallest absolute Gasteiger partial charge is 0.338 e. The molecule has 1 atom stereocenters. The molecule has 0 aromatic carbocycles. The Balaban J connectivity index is 2.39. The highest BCUT2D eigenvalue weighted by Gasteiger charge is 2.32. The molecular formula is C14H17N3O3. The van der Waals surface area contributed by atoms with E-state index in [0.717, 1.165) is 5.56 Å². The molecule has 6 heteroatoms. The van der Waals surface area contributed by atoms with Crippen LogP contribution in [0.25, 0.3) is 0 Å². The standard InChI is InChI=1S/C14H17N3O3/c1-8(2)20-13(18)11-9(3)16-14(19)17-12(11)10-5-4-6-15-7-10/h4-8,12H,1-3H3,(H2,16,17,19)/t12-/m0/s1. The number of hydrogen-bond acceptors (Lipinski definition) is 4. The van der Waals surface area contributed by atoms with Crippen LogP contribution >= 0.6 is 0 Å². The summed E-state index contributed by atoms with van der Waals surface area (Å²) in [5.74, 6) is -0.446. The van der Waals surface area contributed by atoms with Crippen LogP contribution in [0, 0.1) is 0 Å². The van der Waals surface area contributed by atoms with Gasteiger partial charge in [-0.05, 0) is 32.4 Å². The number of amides is 2. The van der Waals surface area contributed by atoms with Crippen molar-refractivity contribution >= 4 is 12.0 Å². The van der Waals surface area contributed by atoms with Gasteiger partial charge < -0.3 is 15.4 Å². The third-order valence-corrected chi connectivity index (χ3v) is 2.85. The summed E-state index contributed by atoms with van der Waals surface area (Å²) < 4.78 is 5.24. The lowest BCUT2D eigenvalue weighted by molar-refractivity contribution is -0.143. The first-order valence-corrected chi connectivity index (χ1v) is 6.38. The van der Waals surface area contributed by atoms with Crippen LogP contribution in [0.5, 0.6) is 0 Å². The molecule has 6 nitrogen and oxygen atoms in total. The number of ether oxygens (including phenoxy) is 1. The Labute approximate surface area is 117 Å². The van der Waals surface area contributed by atoms with Crippen molar-refractivity contribution in [2.45, 2.75) is 32.9 Å². The van der Waals surface area contributed by atoms with E-state index >= 15 is 0 Å². The maximum atomic E-state index is 12.2. The minimum atomic E-state index is -0.552. The van der Waals surface area contributed by atoms with Crippen LogP contribution in [0.1, 0.15) is 32.4 Å². The summed E-state index contributed by atoms with van der Waals surface area (Å²) in [6.07, 6.45) is 3.02. The molecule has 0 saturated carbocycles. The number of hydrogen-bond donors (Lipinski definition) is 2. The van der Waals surface area contributed by atoms with Gasteiger partial charge in [-0.2, -0.15) is 0 Å². The summed E-state index contributed by atoms with van der Waals surface area (Å²) in [7, 11) is 0. The number of urea groups is 1. The maximum absolute atomic E-state index is 12.2. The number of esters is 1. The third kappa shape index (κ3) is 2.96. The van der Waals surface area contributed by atoms with Crippen molar-refractivity contribution in [1.82, 2.24) is 15.6 Å². The van der Waals surface area contributed by atoms with Crippen LogP contribution in [0.3, 0.4) is 0 Å². The summed E-state index contributed by atoms with van der Waals surface area (Å²) in [6.45, 7) is 5.24. The fraction of sp³-hybridized carbons (Fsp3) is 0.357. The summed E-state index contributed by atoms with van der Waals surface area (Å²) in [5, 5.41) is 5.31. The Bertz CT molecular complexity index is 552. The minimum Gasteiger partial charge on any atom is -0.459 e. The first kappa shape index (κ1) is 14.0. The van der Waals surface area contributed by atoms with E-state index < -0.39 is 12.0 Å². The Hall–Kier alpha value is -2.37. The van der Waals surface area contributed by atoms with Crippen molar-refractivity contribution in [3.8, 4) is 0 Å². The molecule has 1 aliphatic heterocycles. The quantitative estimate of drug-likeness (QED) is 0.822. The second kappa shape index (κ2) is 5.73. The Morgan fingerprint density at radius 2 is 2.20 bits per heavy atom. The van der Waals surface area contributed by atoms with Crippen molar-refractivity contribution in [2.24, 2.45) is 0 Å². The average Bonchev–Trinajstić information content (AvgIpc) is 2.37. The van der Waals surface area contributed by atoms with Crippen LogP contribution in [0.15, 0.2) is 35.8 Å². The number of rotatable bonds is 3. The highest BCUT2D eigenvalue weighted by Crippen LogP contribution is 2.27. The first-order valence-electron chi connectivity index (χ1n) is 6.38. The van der Waals surface area contributed by atoms with Gasteiger partial charge in [0.15, 0.2) is 0 Å². The summed E-state index contributed by atoms with van der Waals surface area (Å²) >= 11 is 0. The molecule has 1 aliphatic rings. The lowest BCUT2D eigenvalue weighted by Crippen LogP contribution is -2.45. The van der Waals surface area contributed by atoms with E-state index in [1.54, 1.807) is 45.3 Å². The Morgan fingerprint density at radius 3 is 2.80 bits per heavy atom. The molecule has 1 aromatic heterocycles. The molecular weight excluding hydrogens is 258 g/mol. The number of nitrogens with one attached hydrogen (secondary N) is 2. The Morgan fingerprint density at radius 1 is 1.45 bits per heavy atom. The number of nitrogens with zero attached hydrogens (tertiary/aromatic N) is 1. The van der Waals surface area contributed by atoms with E-state index in [1.165, 1.54) is 0 Å². The van der Waals surface area contributed by atoms with Crippen molar-refractivity contribution < 1.29 is 14.3 Å². The second-order valence-corrected chi connectivity index (χ2v) is 4.81. The molecule has 2 amide bonds. The monoisotopic (exact) mass is 275 g/mol. The zero-order chi connectivity index (χ0) is 14.7. The van der Waals surface area contributed by atoms with E-state index in [1.807, 2.05) is 0 Å². The van der Waals surface area contributed by atoms with Gasteiger partial charge in [-0.15, -0.1) is 0 Å². The highest BCUT2D eigenvalue weighted by molar-refractivity contribution is 5.95. The largest absolute Gasteiger partial charge is 0.459 e. The molecule has 2 N–H and O–H groups in total. The van der Waals surface area contributed by atoms with Crippen LogP contribution in [0.4, 0.5) is 4.79 Å². The molecule has 20 heavy (non-hydrogen) atoms. The topological polar surface area (TPSA) is 80.3 Å². The van der Waals surface area contributed by atoms with Crippen LogP contribution < -0.4 is 10.6 Å².